The molecule has 0 spiro atoms. The SMILES string of the molecule is C=CCN1CC(CNC)N(C)CCC1C. The predicted octanol–water partition coefficient (Wildman–Crippen LogP) is 0.786. The van der Waals surface area contributed by atoms with Crippen molar-refractivity contribution < 1.29 is 0 Å². The normalized spacial score (nSPS) is 30.1. The molecule has 2 atom stereocenters. The summed E-state index contributed by atoms with van der Waals surface area (Å²) in [4.78, 5) is 4.99. The maximum absolute atomic E-state index is 3.84. The van der Waals surface area contributed by atoms with E-state index in [9.17, 15) is 0 Å². The van der Waals surface area contributed by atoms with Crippen LogP contribution in [0.1, 0.15) is 13.3 Å². The van der Waals surface area contributed by atoms with Gasteiger partial charge in [0.05, 0.1) is 0 Å². The van der Waals surface area contributed by atoms with E-state index in [0.717, 1.165) is 19.6 Å². The maximum atomic E-state index is 3.84. The summed E-state index contributed by atoms with van der Waals surface area (Å²) >= 11 is 0. The Kier molecular flexibility index (Phi) is 5.29. The van der Waals surface area contributed by atoms with Crippen molar-refractivity contribution in [3.05, 3.63) is 12.7 Å². The van der Waals surface area contributed by atoms with Crippen LogP contribution in [0, 0.1) is 0 Å². The molecule has 2 unspecified atom stereocenters. The second kappa shape index (κ2) is 6.26. The minimum Gasteiger partial charge on any atom is -0.318 e. The molecule has 1 rings (SSSR count). The van der Waals surface area contributed by atoms with Gasteiger partial charge >= 0.3 is 0 Å². The van der Waals surface area contributed by atoms with E-state index >= 15 is 0 Å². The molecule has 0 aromatic heterocycles. The first-order valence-corrected chi connectivity index (χ1v) is 5.88. The van der Waals surface area contributed by atoms with Crippen molar-refractivity contribution in [3.63, 3.8) is 0 Å². The van der Waals surface area contributed by atoms with E-state index in [-0.39, 0.29) is 0 Å². The fraction of sp³-hybridized carbons (Fsp3) is 0.833. The van der Waals surface area contributed by atoms with E-state index < -0.39 is 0 Å². The highest BCUT2D eigenvalue weighted by molar-refractivity contribution is 4.86. The van der Waals surface area contributed by atoms with Crippen molar-refractivity contribution in [2.75, 3.05) is 40.3 Å². The van der Waals surface area contributed by atoms with Gasteiger partial charge in [0.15, 0.2) is 0 Å². The van der Waals surface area contributed by atoms with Gasteiger partial charge in [0.1, 0.15) is 0 Å². The third-order valence-electron chi connectivity index (χ3n) is 3.39. The van der Waals surface area contributed by atoms with E-state index in [4.69, 9.17) is 0 Å². The second-order valence-corrected chi connectivity index (χ2v) is 4.57. The van der Waals surface area contributed by atoms with Gasteiger partial charge in [0.25, 0.3) is 0 Å². The highest BCUT2D eigenvalue weighted by Gasteiger charge is 2.24. The van der Waals surface area contributed by atoms with Gasteiger partial charge in [-0.3, -0.25) is 4.90 Å². The van der Waals surface area contributed by atoms with Crippen molar-refractivity contribution in [1.29, 1.82) is 0 Å². The smallest absolute Gasteiger partial charge is 0.0344 e. The quantitative estimate of drug-likeness (QED) is 0.694. The molecule has 88 valence electrons. The van der Waals surface area contributed by atoms with Crippen LogP contribution in [0.2, 0.25) is 0 Å². The van der Waals surface area contributed by atoms with Crippen LogP contribution in [0.15, 0.2) is 12.7 Å². The predicted molar refractivity (Wildman–Crippen MR) is 66.2 cm³/mol. The summed E-state index contributed by atoms with van der Waals surface area (Å²) in [6, 6.07) is 1.30. The van der Waals surface area contributed by atoms with Gasteiger partial charge in [-0.05, 0) is 34.0 Å². The molecule has 0 saturated carbocycles. The average Bonchev–Trinajstić information content (AvgIpc) is 2.34. The fourth-order valence-electron chi connectivity index (χ4n) is 2.22. The minimum absolute atomic E-state index is 0.625. The molecule has 15 heavy (non-hydrogen) atoms. The van der Waals surface area contributed by atoms with Gasteiger partial charge in [0.2, 0.25) is 0 Å². The van der Waals surface area contributed by atoms with Crippen LogP contribution in [0.4, 0.5) is 0 Å². The van der Waals surface area contributed by atoms with Crippen LogP contribution < -0.4 is 5.32 Å². The summed E-state index contributed by atoms with van der Waals surface area (Å²) in [5.74, 6) is 0. The molecule has 0 radical (unpaired) electrons. The number of hydrogen-bond acceptors (Lipinski definition) is 3. The standard InChI is InChI=1S/C12H25N3/c1-5-7-15-10-12(9-13-3)14(4)8-6-11(15)2/h5,11-13H,1,6-10H2,2-4H3. The molecule has 3 nitrogen and oxygen atoms in total. The van der Waals surface area contributed by atoms with Gasteiger partial charge in [-0.2, -0.15) is 0 Å². The molecule has 1 aliphatic heterocycles. The number of nitrogens with one attached hydrogen (secondary N) is 1. The summed E-state index contributed by atoms with van der Waals surface area (Å²) < 4.78 is 0. The summed E-state index contributed by atoms with van der Waals surface area (Å²) in [5.41, 5.74) is 0. The van der Waals surface area contributed by atoms with E-state index in [0.29, 0.717) is 12.1 Å². The Morgan fingerprint density at radius 1 is 1.53 bits per heavy atom. The van der Waals surface area contributed by atoms with Crippen LogP contribution >= 0.6 is 0 Å². The monoisotopic (exact) mass is 211 g/mol. The Bertz CT molecular complexity index is 193. The lowest BCUT2D eigenvalue weighted by Crippen LogP contribution is -2.45. The Labute approximate surface area is 94.1 Å². The first-order chi connectivity index (χ1) is 7.19. The molecular formula is C12H25N3. The Morgan fingerprint density at radius 3 is 2.87 bits per heavy atom. The number of nitrogens with zero attached hydrogens (tertiary/aromatic N) is 2. The molecule has 0 aromatic rings. The maximum Gasteiger partial charge on any atom is 0.0344 e. The van der Waals surface area contributed by atoms with Crippen molar-refractivity contribution in [1.82, 2.24) is 15.1 Å². The molecule has 1 saturated heterocycles. The fourth-order valence-corrected chi connectivity index (χ4v) is 2.22. The van der Waals surface area contributed by atoms with Crippen molar-refractivity contribution in [3.8, 4) is 0 Å². The largest absolute Gasteiger partial charge is 0.318 e. The van der Waals surface area contributed by atoms with E-state index in [1.807, 2.05) is 13.1 Å². The lowest BCUT2D eigenvalue weighted by molar-refractivity contribution is 0.194. The Hall–Kier alpha value is -0.380. The van der Waals surface area contributed by atoms with Crippen LogP contribution in [0.5, 0.6) is 0 Å². The third-order valence-corrected chi connectivity index (χ3v) is 3.39. The molecule has 1 aliphatic rings. The first kappa shape index (κ1) is 12.7. The molecular weight excluding hydrogens is 186 g/mol. The van der Waals surface area contributed by atoms with E-state index in [2.05, 4.69) is 35.7 Å². The van der Waals surface area contributed by atoms with Crippen LogP contribution in [-0.4, -0.2) is 62.2 Å². The zero-order chi connectivity index (χ0) is 11.3. The summed E-state index contributed by atoms with van der Waals surface area (Å²) in [5, 5.41) is 3.28. The van der Waals surface area contributed by atoms with E-state index in [1.54, 1.807) is 0 Å². The minimum atomic E-state index is 0.625. The van der Waals surface area contributed by atoms with Crippen LogP contribution in [0.25, 0.3) is 0 Å². The first-order valence-electron chi connectivity index (χ1n) is 5.88. The average molecular weight is 211 g/mol. The molecule has 3 heteroatoms. The van der Waals surface area contributed by atoms with Gasteiger partial charge in [-0.15, -0.1) is 6.58 Å². The highest BCUT2D eigenvalue weighted by atomic mass is 15.3. The van der Waals surface area contributed by atoms with Gasteiger partial charge < -0.3 is 10.2 Å². The molecule has 0 aliphatic carbocycles. The Morgan fingerprint density at radius 2 is 2.27 bits per heavy atom. The van der Waals surface area contributed by atoms with Crippen molar-refractivity contribution in [2.24, 2.45) is 0 Å². The third kappa shape index (κ3) is 3.59. The highest BCUT2D eigenvalue weighted by Crippen LogP contribution is 2.13. The van der Waals surface area contributed by atoms with Crippen LogP contribution in [-0.2, 0) is 0 Å². The van der Waals surface area contributed by atoms with Crippen molar-refractivity contribution in [2.45, 2.75) is 25.4 Å². The number of likely N-dealkylation sites (N-methyl/N-ethyl adjacent to an activating group) is 2. The van der Waals surface area contributed by atoms with Gasteiger partial charge in [0, 0.05) is 31.7 Å². The summed E-state index contributed by atoms with van der Waals surface area (Å²) in [6.07, 6.45) is 3.27. The summed E-state index contributed by atoms with van der Waals surface area (Å²) in [7, 11) is 4.26. The second-order valence-electron chi connectivity index (χ2n) is 4.57. The zero-order valence-corrected chi connectivity index (χ0v) is 10.4. The summed E-state index contributed by atoms with van der Waals surface area (Å²) in [6.45, 7) is 10.6. The molecule has 0 aromatic carbocycles. The molecule has 0 amide bonds. The molecule has 1 fully saturated rings. The lowest BCUT2D eigenvalue weighted by atomic mass is 10.2. The zero-order valence-electron chi connectivity index (χ0n) is 10.4. The lowest BCUT2D eigenvalue weighted by Gasteiger charge is -2.30. The number of hydrogen-bond donors (Lipinski definition) is 1. The molecule has 1 N–H and O–H groups in total. The topological polar surface area (TPSA) is 18.5 Å². The van der Waals surface area contributed by atoms with Crippen molar-refractivity contribution >= 4 is 0 Å². The van der Waals surface area contributed by atoms with Gasteiger partial charge in [-0.1, -0.05) is 6.08 Å². The molecule has 0 bridgehead atoms. The Balaban J connectivity index is 2.60. The van der Waals surface area contributed by atoms with Crippen LogP contribution in [0.3, 0.4) is 0 Å². The van der Waals surface area contributed by atoms with Gasteiger partial charge in [-0.25, -0.2) is 0 Å². The van der Waals surface area contributed by atoms with E-state index in [1.165, 1.54) is 13.0 Å². The number of rotatable bonds is 4. The molecule has 1 heterocycles.